The number of carboxylic acids is 1. The summed E-state index contributed by atoms with van der Waals surface area (Å²) in [5.74, 6) is -1.81. The molecule has 2 N–H and O–H groups in total. The van der Waals surface area contributed by atoms with E-state index in [0.29, 0.717) is 26.0 Å². The number of rotatable bonds is 5. The van der Waals surface area contributed by atoms with Crippen molar-refractivity contribution in [2.24, 2.45) is 5.92 Å². The van der Waals surface area contributed by atoms with E-state index in [1.165, 1.54) is 0 Å². The molecule has 2 unspecified atom stereocenters. The van der Waals surface area contributed by atoms with Gasteiger partial charge in [0.15, 0.2) is 6.10 Å². The van der Waals surface area contributed by atoms with Gasteiger partial charge in [-0.05, 0) is 42.0 Å². The second-order valence-corrected chi connectivity index (χ2v) is 9.16. The number of fused-ring (bicyclic) bond motifs is 3. The lowest BCUT2D eigenvalue weighted by Crippen LogP contribution is -2.51. The van der Waals surface area contributed by atoms with Gasteiger partial charge in [-0.1, -0.05) is 48.5 Å². The molecule has 0 bridgehead atoms. The maximum Gasteiger partial charge on any atom is 0.407 e. The molecule has 5 rings (SSSR count). The number of carbonyl (C=O) groups excluding carboxylic acids is 2. The van der Waals surface area contributed by atoms with Crippen molar-refractivity contribution in [3.8, 4) is 11.1 Å². The molecule has 2 aromatic carbocycles. The third-order valence-electron chi connectivity index (χ3n) is 7.34. The van der Waals surface area contributed by atoms with Crippen LogP contribution in [0.4, 0.5) is 4.79 Å². The van der Waals surface area contributed by atoms with E-state index in [0.717, 1.165) is 22.3 Å². The van der Waals surface area contributed by atoms with Crippen molar-refractivity contribution in [3.05, 3.63) is 59.7 Å². The van der Waals surface area contributed by atoms with Crippen LogP contribution in [0.1, 0.15) is 36.8 Å². The summed E-state index contributed by atoms with van der Waals surface area (Å²) in [6, 6.07) is 15.3. The lowest BCUT2D eigenvalue weighted by molar-refractivity contribution is -0.145. The fraction of sp³-hybridized carbons (Fsp3) is 0.423. The Morgan fingerprint density at radius 1 is 1.06 bits per heavy atom. The van der Waals surface area contributed by atoms with Crippen molar-refractivity contribution in [3.63, 3.8) is 0 Å². The summed E-state index contributed by atoms with van der Waals surface area (Å²) in [6.07, 6.45) is -0.520. The van der Waals surface area contributed by atoms with Gasteiger partial charge in [0, 0.05) is 25.1 Å². The minimum Gasteiger partial charge on any atom is -0.481 e. The summed E-state index contributed by atoms with van der Waals surface area (Å²) in [7, 11) is 0. The van der Waals surface area contributed by atoms with Crippen LogP contribution in [0.15, 0.2) is 48.5 Å². The second kappa shape index (κ2) is 9.10. The Labute approximate surface area is 197 Å². The Kier molecular flexibility index (Phi) is 6.00. The van der Waals surface area contributed by atoms with Gasteiger partial charge >= 0.3 is 12.1 Å². The summed E-state index contributed by atoms with van der Waals surface area (Å²) >= 11 is 0. The van der Waals surface area contributed by atoms with Gasteiger partial charge in [0.25, 0.3) is 5.91 Å². The summed E-state index contributed by atoms with van der Waals surface area (Å²) < 4.78 is 11.3. The van der Waals surface area contributed by atoms with Gasteiger partial charge in [0.05, 0.1) is 12.0 Å². The SMILES string of the molecule is CC1C(C(=O)O)CCN1C(=O)[C@H]1OCC[C@H]1NC(=O)OCC1c2ccccc2-c2ccccc21. The first kappa shape index (κ1) is 22.4. The number of alkyl carbamates (subject to hydrolysis) is 1. The third-order valence-corrected chi connectivity index (χ3v) is 7.34. The van der Waals surface area contributed by atoms with E-state index in [9.17, 15) is 19.5 Å². The van der Waals surface area contributed by atoms with E-state index in [-0.39, 0.29) is 18.4 Å². The summed E-state index contributed by atoms with van der Waals surface area (Å²) in [5.41, 5.74) is 4.57. The second-order valence-electron chi connectivity index (χ2n) is 9.16. The van der Waals surface area contributed by atoms with Crippen molar-refractivity contribution >= 4 is 18.0 Å². The molecule has 0 radical (unpaired) electrons. The molecule has 3 aliphatic rings. The summed E-state index contributed by atoms with van der Waals surface area (Å²) in [5, 5.41) is 12.2. The van der Waals surface area contributed by atoms with Gasteiger partial charge in [0.1, 0.15) is 6.61 Å². The zero-order valence-corrected chi connectivity index (χ0v) is 19.0. The van der Waals surface area contributed by atoms with Gasteiger partial charge in [-0.15, -0.1) is 0 Å². The number of carbonyl (C=O) groups is 3. The van der Waals surface area contributed by atoms with Crippen molar-refractivity contribution in [2.75, 3.05) is 19.8 Å². The highest BCUT2D eigenvalue weighted by Crippen LogP contribution is 2.44. The largest absolute Gasteiger partial charge is 0.481 e. The van der Waals surface area contributed by atoms with Crippen molar-refractivity contribution < 1.29 is 29.0 Å². The first-order chi connectivity index (χ1) is 16.5. The highest BCUT2D eigenvalue weighted by atomic mass is 16.6. The minimum absolute atomic E-state index is 0.0474. The molecular formula is C26H28N2O6. The van der Waals surface area contributed by atoms with E-state index in [1.54, 1.807) is 11.8 Å². The van der Waals surface area contributed by atoms with Crippen LogP contribution in [-0.2, 0) is 19.1 Å². The van der Waals surface area contributed by atoms with Crippen LogP contribution in [-0.4, -0.2) is 65.9 Å². The van der Waals surface area contributed by atoms with E-state index < -0.39 is 36.2 Å². The zero-order chi connectivity index (χ0) is 23.8. The Hall–Kier alpha value is -3.39. The van der Waals surface area contributed by atoms with E-state index >= 15 is 0 Å². The maximum atomic E-state index is 13.1. The predicted octanol–water partition coefficient (Wildman–Crippen LogP) is 3.00. The van der Waals surface area contributed by atoms with E-state index in [1.807, 2.05) is 24.3 Å². The fourth-order valence-corrected chi connectivity index (χ4v) is 5.52. The number of hydrogen-bond acceptors (Lipinski definition) is 5. The van der Waals surface area contributed by atoms with Crippen LogP contribution in [0.5, 0.6) is 0 Å². The predicted molar refractivity (Wildman–Crippen MR) is 123 cm³/mol. The smallest absolute Gasteiger partial charge is 0.407 e. The molecule has 2 aliphatic heterocycles. The summed E-state index contributed by atoms with van der Waals surface area (Å²) in [6.45, 7) is 2.64. The highest BCUT2D eigenvalue weighted by Gasteiger charge is 2.44. The lowest BCUT2D eigenvalue weighted by Gasteiger charge is -2.28. The number of hydrogen-bond donors (Lipinski definition) is 2. The molecule has 2 aromatic rings. The molecule has 0 spiro atoms. The minimum atomic E-state index is -0.900. The molecule has 178 valence electrons. The number of benzene rings is 2. The molecule has 2 heterocycles. The molecule has 0 aromatic heterocycles. The monoisotopic (exact) mass is 464 g/mol. The number of likely N-dealkylation sites (tertiary alicyclic amines) is 1. The fourth-order valence-electron chi connectivity index (χ4n) is 5.52. The van der Waals surface area contributed by atoms with Gasteiger partial charge in [0.2, 0.25) is 0 Å². The number of carboxylic acid groups (broad SMARTS) is 1. The molecule has 8 nitrogen and oxygen atoms in total. The Bertz CT molecular complexity index is 1070. The molecule has 2 fully saturated rings. The molecule has 8 heteroatoms. The van der Waals surface area contributed by atoms with Crippen LogP contribution in [0.2, 0.25) is 0 Å². The molecule has 0 saturated carbocycles. The van der Waals surface area contributed by atoms with Gasteiger partial charge in [-0.3, -0.25) is 9.59 Å². The highest BCUT2D eigenvalue weighted by molar-refractivity contribution is 5.85. The summed E-state index contributed by atoms with van der Waals surface area (Å²) in [4.78, 5) is 38.7. The van der Waals surface area contributed by atoms with Crippen molar-refractivity contribution in [2.45, 2.75) is 43.9 Å². The molecular weight excluding hydrogens is 436 g/mol. The van der Waals surface area contributed by atoms with Crippen LogP contribution >= 0.6 is 0 Å². The number of ether oxygens (including phenoxy) is 2. The standard InChI is InChI=1S/C26H28N2O6/c1-15-16(25(30)31)10-12-28(15)24(29)23-22(11-13-33-23)27-26(32)34-14-21-19-8-4-2-6-17(19)18-7-3-5-9-20(18)21/h2-9,15-16,21-23H,10-14H2,1H3,(H,27,32)(H,30,31)/t15?,16?,22-,23+/m1/s1. The van der Waals surface area contributed by atoms with Crippen LogP contribution in [0.3, 0.4) is 0 Å². The average Bonchev–Trinajstić information content (AvgIpc) is 3.53. The lowest BCUT2D eigenvalue weighted by atomic mass is 9.98. The molecule has 2 saturated heterocycles. The molecule has 4 atom stereocenters. The van der Waals surface area contributed by atoms with Crippen LogP contribution in [0, 0.1) is 5.92 Å². The Morgan fingerprint density at radius 2 is 1.71 bits per heavy atom. The first-order valence-electron chi connectivity index (χ1n) is 11.7. The molecule has 2 amide bonds. The topological polar surface area (TPSA) is 105 Å². The van der Waals surface area contributed by atoms with Gasteiger partial charge < -0.3 is 24.8 Å². The van der Waals surface area contributed by atoms with Crippen molar-refractivity contribution in [1.82, 2.24) is 10.2 Å². The van der Waals surface area contributed by atoms with Gasteiger partial charge in [-0.25, -0.2) is 4.79 Å². The van der Waals surface area contributed by atoms with Crippen LogP contribution in [0.25, 0.3) is 11.1 Å². The third kappa shape index (κ3) is 3.92. The van der Waals surface area contributed by atoms with E-state index in [2.05, 4.69) is 29.6 Å². The van der Waals surface area contributed by atoms with E-state index in [4.69, 9.17) is 9.47 Å². The maximum absolute atomic E-state index is 13.1. The zero-order valence-electron chi connectivity index (χ0n) is 19.0. The Balaban J connectivity index is 1.21. The van der Waals surface area contributed by atoms with Crippen molar-refractivity contribution in [1.29, 1.82) is 0 Å². The number of aliphatic carboxylic acids is 1. The quantitative estimate of drug-likeness (QED) is 0.705. The molecule has 1 aliphatic carbocycles. The normalized spacial score (nSPS) is 25.6. The number of amides is 2. The first-order valence-corrected chi connectivity index (χ1v) is 11.7. The Morgan fingerprint density at radius 3 is 2.32 bits per heavy atom. The average molecular weight is 465 g/mol. The number of nitrogens with zero attached hydrogens (tertiary/aromatic N) is 1. The molecule has 34 heavy (non-hydrogen) atoms. The number of nitrogens with one attached hydrogen (secondary N) is 1. The van der Waals surface area contributed by atoms with Crippen LogP contribution < -0.4 is 5.32 Å². The van der Waals surface area contributed by atoms with Gasteiger partial charge in [-0.2, -0.15) is 0 Å².